The number of aromatic nitrogens is 4. The Kier molecular flexibility index (Phi) is 3.32. The Morgan fingerprint density at radius 3 is 2.39 bits per heavy atom. The lowest BCUT2D eigenvalue weighted by Crippen LogP contribution is -2.19. The maximum Gasteiger partial charge on any atom is 0.348 e. The largest absolute Gasteiger partial charge is 0.348 e. The summed E-state index contributed by atoms with van der Waals surface area (Å²) in [7, 11) is -4.65. The fourth-order valence-electron chi connectivity index (χ4n) is 1.73. The number of sulfonamides is 1. The first-order valence-electron chi connectivity index (χ1n) is 5.90. The van der Waals surface area contributed by atoms with E-state index in [-0.39, 0.29) is 0 Å². The quantitative estimate of drug-likeness (QED) is 0.724. The fourth-order valence-corrected chi connectivity index (χ4v) is 2.68. The van der Waals surface area contributed by atoms with E-state index in [2.05, 4.69) is 10.1 Å². The molecule has 0 bridgehead atoms. The van der Waals surface area contributed by atoms with Crippen molar-refractivity contribution in [3.8, 4) is 0 Å². The molecule has 0 aliphatic carbocycles. The summed E-state index contributed by atoms with van der Waals surface area (Å²) in [5.74, 6) is -3.36. The van der Waals surface area contributed by atoms with E-state index >= 15 is 0 Å². The normalized spacial score (nSPS) is 11.8. The van der Waals surface area contributed by atoms with Gasteiger partial charge in [0.2, 0.25) is 0 Å². The molecular formula is C11H6F3N5O3S. The number of anilines is 1. The molecule has 0 aliphatic rings. The number of aromatic amines is 1. The first-order valence-corrected chi connectivity index (χ1v) is 7.39. The molecule has 0 amide bonds. The number of nitrogens with zero attached hydrogens (tertiary/aromatic N) is 3. The molecule has 2 aromatic heterocycles. The molecular weight excluding hydrogens is 339 g/mol. The summed E-state index contributed by atoms with van der Waals surface area (Å²) in [6.07, 6.45) is 0.673. The van der Waals surface area contributed by atoms with Gasteiger partial charge in [0.05, 0.1) is 0 Å². The highest BCUT2D eigenvalue weighted by Crippen LogP contribution is 2.21. The van der Waals surface area contributed by atoms with Crippen molar-refractivity contribution in [3.63, 3.8) is 0 Å². The predicted molar refractivity (Wildman–Crippen MR) is 70.7 cm³/mol. The Balaban J connectivity index is 2.12. The summed E-state index contributed by atoms with van der Waals surface area (Å²) in [6.45, 7) is 0. The van der Waals surface area contributed by atoms with Crippen LogP contribution in [-0.2, 0) is 10.0 Å². The second-order valence-corrected chi connectivity index (χ2v) is 5.85. The van der Waals surface area contributed by atoms with E-state index in [4.69, 9.17) is 0 Å². The summed E-state index contributed by atoms with van der Waals surface area (Å²) < 4.78 is 66.7. The van der Waals surface area contributed by atoms with Crippen LogP contribution in [0.1, 0.15) is 0 Å². The maximum absolute atomic E-state index is 13.5. The van der Waals surface area contributed by atoms with E-state index < -0.39 is 49.7 Å². The Morgan fingerprint density at radius 1 is 1.13 bits per heavy atom. The molecule has 3 rings (SSSR count). The van der Waals surface area contributed by atoms with Crippen molar-refractivity contribution >= 4 is 21.4 Å². The van der Waals surface area contributed by atoms with Gasteiger partial charge in [0.15, 0.2) is 11.5 Å². The van der Waals surface area contributed by atoms with Crippen LogP contribution >= 0.6 is 0 Å². The fraction of sp³-hybridized carbons (Fsp3) is 0. The molecule has 0 saturated heterocycles. The molecule has 8 nitrogen and oxygen atoms in total. The van der Waals surface area contributed by atoms with Gasteiger partial charge in [0, 0.05) is 6.20 Å². The minimum absolute atomic E-state index is 0.377. The van der Waals surface area contributed by atoms with Crippen LogP contribution in [0.5, 0.6) is 0 Å². The van der Waals surface area contributed by atoms with Crippen molar-refractivity contribution in [2.75, 3.05) is 4.72 Å². The molecule has 1 aromatic carbocycles. The predicted octanol–water partition coefficient (Wildman–Crippen LogP) is 0.636. The Bertz CT molecular complexity index is 1060. The third-order valence-electron chi connectivity index (χ3n) is 2.76. The standard InChI is InChI=1S/C11H6F3N5O3S/c12-5-2-1-3-6(13)8(5)18-23(21,22)10-16-9-7(14)4-15-11(20)19(9)17-10/h1-4,18H,(H,15,20). The molecule has 23 heavy (non-hydrogen) atoms. The number of hydrogen-bond donors (Lipinski definition) is 2. The van der Waals surface area contributed by atoms with Gasteiger partial charge in [0.25, 0.3) is 15.2 Å². The van der Waals surface area contributed by atoms with Crippen LogP contribution in [0.4, 0.5) is 18.9 Å². The molecule has 0 saturated carbocycles. The van der Waals surface area contributed by atoms with Gasteiger partial charge in [-0.1, -0.05) is 6.07 Å². The molecule has 0 aliphatic heterocycles. The first kappa shape index (κ1) is 15.0. The first-order chi connectivity index (χ1) is 10.8. The van der Waals surface area contributed by atoms with Gasteiger partial charge in [-0.3, -0.25) is 4.72 Å². The lowest BCUT2D eigenvalue weighted by Gasteiger charge is -2.06. The Labute approximate surface area is 125 Å². The van der Waals surface area contributed by atoms with Crippen LogP contribution in [0, 0.1) is 17.5 Å². The number of para-hydroxylation sites is 1. The molecule has 0 fully saturated rings. The topological polar surface area (TPSA) is 109 Å². The summed E-state index contributed by atoms with van der Waals surface area (Å²) >= 11 is 0. The molecule has 0 spiro atoms. The number of H-pyrrole nitrogens is 1. The van der Waals surface area contributed by atoms with E-state index in [0.717, 1.165) is 18.2 Å². The average Bonchev–Trinajstić information content (AvgIpc) is 2.94. The molecule has 0 atom stereocenters. The zero-order valence-corrected chi connectivity index (χ0v) is 11.7. The van der Waals surface area contributed by atoms with E-state index in [1.165, 1.54) is 0 Å². The smallest absolute Gasteiger partial charge is 0.310 e. The molecule has 120 valence electrons. The molecule has 2 heterocycles. The second kappa shape index (κ2) is 5.08. The van der Waals surface area contributed by atoms with Crippen molar-refractivity contribution < 1.29 is 21.6 Å². The van der Waals surface area contributed by atoms with Crippen molar-refractivity contribution in [1.29, 1.82) is 0 Å². The van der Waals surface area contributed by atoms with Gasteiger partial charge < -0.3 is 4.98 Å². The van der Waals surface area contributed by atoms with Gasteiger partial charge in [0.1, 0.15) is 17.3 Å². The average molecular weight is 345 g/mol. The number of fused-ring (bicyclic) bond motifs is 1. The summed E-state index contributed by atoms with van der Waals surface area (Å²) in [5.41, 5.74) is -2.53. The van der Waals surface area contributed by atoms with Crippen LogP contribution in [0.3, 0.4) is 0 Å². The van der Waals surface area contributed by atoms with Gasteiger partial charge in [-0.25, -0.2) is 18.0 Å². The van der Waals surface area contributed by atoms with E-state index in [0.29, 0.717) is 10.7 Å². The SMILES string of the molecule is O=c1[nH]cc(F)c2nc(S(=O)(=O)Nc3c(F)cccc3F)nn12. The number of hydrogen-bond acceptors (Lipinski definition) is 5. The van der Waals surface area contributed by atoms with Crippen molar-refractivity contribution in [1.82, 2.24) is 19.6 Å². The van der Waals surface area contributed by atoms with E-state index in [1.54, 1.807) is 4.72 Å². The zero-order valence-electron chi connectivity index (χ0n) is 10.9. The Morgan fingerprint density at radius 2 is 1.78 bits per heavy atom. The molecule has 0 radical (unpaired) electrons. The molecule has 0 unspecified atom stereocenters. The molecule has 3 aromatic rings. The third kappa shape index (κ3) is 2.52. The number of nitrogens with one attached hydrogen (secondary N) is 2. The van der Waals surface area contributed by atoms with Crippen LogP contribution in [0.2, 0.25) is 0 Å². The summed E-state index contributed by atoms with van der Waals surface area (Å²) in [4.78, 5) is 16.8. The second-order valence-electron chi connectivity index (χ2n) is 4.27. The minimum Gasteiger partial charge on any atom is -0.310 e. The zero-order chi connectivity index (χ0) is 16.8. The molecule has 12 heteroatoms. The van der Waals surface area contributed by atoms with Gasteiger partial charge in [-0.15, -0.1) is 5.10 Å². The highest BCUT2D eigenvalue weighted by molar-refractivity contribution is 7.92. The van der Waals surface area contributed by atoms with Crippen molar-refractivity contribution in [2.24, 2.45) is 0 Å². The van der Waals surface area contributed by atoms with Gasteiger partial charge in [-0.2, -0.15) is 17.9 Å². The lowest BCUT2D eigenvalue weighted by atomic mass is 10.3. The third-order valence-corrected chi connectivity index (χ3v) is 3.88. The van der Waals surface area contributed by atoms with Gasteiger partial charge in [-0.05, 0) is 12.1 Å². The molecule has 2 N–H and O–H groups in total. The van der Waals surface area contributed by atoms with Crippen LogP contribution in [0.15, 0.2) is 34.3 Å². The summed E-state index contributed by atoms with van der Waals surface area (Å²) in [5, 5.41) is 2.31. The maximum atomic E-state index is 13.5. The van der Waals surface area contributed by atoms with Gasteiger partial charge >= 0.3 is 5.69 Å². The highest BCUT2D eigenvalue weighted by atomic mass is 32.2. The van der Waals surface area contributed by atoms with Crippen LogP contribution in [0.25, 0.3) is 5.65 Å². The van der Waals surface area contributed by atoms with E-state index in [1.807, 2.05) is 4.98 Å². The van der Waals surface area contributed by atoms with Crippen LogP contribution < -0.4 is 10.4 Å². The Hall–Kier alpha value is -2.89. The number of rotatable bonds is 3. The minimum atomic E-state index is -4.65. The number of halogens is 3. The summed E-state index contributed by atoms with van der Waals surface area (Å²) in [6, 6.07) is 2.71. The monoisotopic (exact) mass is 345 g/mol. The number of benzene rings is 1. The highest BCUT2D eigenvalue weighted by Gasteiger charge is 2.25. The van der Waals surface area contributed by atoms with Crippen LogP contribution in [-0.4, -0.2) is 28.0 Å². The van der Waals surface area contributed by atoms with E-state index in [9.17, 15) is 26.4 Å². The lowest BCUT2D eigenvalue weighted by molar-refractivity contribution is 0.578. The van der Waals surface area contributed by atoms with Crippen molar-refractivity contribution in [3.05, 3.63) is 52.3 Å². The van der Waals surface area contributed by atoms with Crippen molar-refractivity contribution in [2.45, 2.75) is 5.16 Å².